The Labute approximate surface area is 257 Å². The molecule has 0 aromatic heterocycles. The van der Waals surface area contributed by atoms with Crippen molar-refractivity contribution in [2.45, 2.75) is 25.7 Å². The van der Waals surface area contributed by atoms with Crippen molar-refractivity contribution in [1.29, 1.82) is 0 Å². The molecule has 1 saturated heterocycles. The van der Waals surface area contributed by atoms with Crippen LogP contribution in [0.2, 0.25) is 0 Å². The molecule has 0 saturated carbocycles. The number of imide groups is 1. The van der Waals surface area contributed by atoms with Crippen LogP contribution in [-0.2, 0) is 19.1 Å². The SMILES string of the molecule is Cc1cc(NC(=O)COC(=O)c2cccc(N3C(=O)[C@H]4C5c6ccccc6C(c6ccccc65)[C@@H]4C3=O)c2)cc(C)c1Br. The molecule has 214 valence electrons. The number of ether oxygens (including phenoxy) is 1. The molecule has 1 aliphatic heterocycles. The van der Waals surface area contributed by atoms with E-state index in [1.54, 1.807) is 18.2 Å². The number of halogens is 1. The van der Waals surface area contributed by atoms with Crippen molar-refractivity contribution in [3.63, 3.8) is 0 Å². The van der Waals surface area contributed by atoms with E-state index in [4.69, 9.17) is 4.74 Å². The quantitative estimate of drug-likeness (QED) is 0.207. The second-order valence-corrected chi connectivity index (χ2v) is 12.2. The number of anilines is 2. The van der Waals surface area contributed by atoms with Gasteiger partial charge in [0.1, 0.15) is 0 Å². The molecule has 1 N–H and O–H groups in total. The van der Waals surface area contributed by atoms with Crippen molar-refractivity contribution in [1.82, 2.24) is 0 Å². The third-order valence-electron chi connectivity index (χ3n) is 8.84. The smallest absolute Gasteiger partial charge is 0.338 e. The van der Waals surface area contributed by atoms with E-state index in [9.17, 15) is 19.2 Å². The molecule has 1 heterocycles. The largest absolute Gasteiger partial charge is 0.452 e. The van der Waals surface area contributed by atoms with E-state index >= 15 is 0 Å². The highest BCUT2D eigenvalue weighted by Gasteiger charge is 2.61. The molecular formula is C35H27BrN2O5. The van der Waals surface area contributed by atoms with Crippen molar-refractivity contribution >= 4 is 51.0 Å². The summed E-state index contributed by atoms with van der Waals surface area (Å²) in [6.07, 6.45) is 0. The predicted octanol–water partition coefficient (Wildman–Crippen LogP) is 6.26. The number of nitrogens with one attached hydrogen (secondary N) is 1. The Morgan fingerprint density at radius 1 is 0.767 bits per heavy atom. The lowest BCUT2D eigenvalue weighted by molar-refractivity contribution is -0.122. The summed E-state index contributed by atoms with van der Waals surface area (Å²) in [6, 6.07) is 26.1. The number of hydrogen-bond donors (Lipinski definition) is 1. The maximum absolute atomic E-state index is 14.0. The molecule has 4 aromatic carbocycles. The van der Waals surface area contributed by atoms with E-state index in [1.165, 1.54) is 11.0 Å². The fraction of sp³-hybridized carbons (Fsp3) is 0.200. The van der Waals surface area contributed by atoms with Gasteiger partial charge in [-0.25, -0.2) is 9.69 Å². The molecule has 2 bridgehead atoms. The second-order valence-electron chi connectivity index (χ2n) is 11.4. The molecule has 8 rings (SSSR count). The lowest BCUT2D eigenvalue weighted by Gasteiger charge is -2.45. The van der Waals surface area contributed by atoms with E-state index in [1.807, 2.05) is 50.2 Å². The summed E-state index contributed by atoms with van der Waals surface area (Å²) in [5.41, 5.74) is 7.39. The number of esters is 1. The van der Waals surface area contributed by atoms with Crippen molar-refractivity contribution in [3.05, 3.63) is 128 Å². The fourth-order valence-corrected chi connectivity index (χ4v) is 7.36. The Balaban J connectivity index is 1.11. The van der Waals surface area contributed by atoms with Crippen LogP contribution in [-0.4, -0.2) is 30.3 Å². The first-order chi connectivity index (χ1) is 20.7. The van der Waals surface area contributed by atoms with Gasteiger partial charge in [-0.15, -0.1) is 0 Å². The van der Waals surface area contributed by atoms with Gasteiger partial charge in [0.05, 0.1) is 23.1 Å². The number of carbonyl (C=O) groups excluding carboxylic acids is 4. The summed E-state index contributed by atoms with van der Waals surface area (Å²) in [5, 5.41) is 2.75. The number of hydrogen-bond acceptors (Lipinski definition) is 5. The molecule has 3 aliphatic carbocycles. The molecule has 43 heavy (non-hydrogen) atoms. The van der Waals surface area contributed by atoms with Crippen molar-refractivity contribution in [2.75, 3.05) is 16.8 Å². The van der Waals surface area contributed by atoms with Gasteiger partial charge >= 0.3 is 5.97 Å². The number of rotatable bonds is 5. The van der Waals surface area contributed by atoms with E-state index < -0.39 is 30.3 Å². The first-order valence-electron chi connectivity index (χ1n) is 14.1. The first-order valence-corrected chi connectivity index (χ1v) is 14.9. The van der Waals surface area contributed by atoms with Crippen LogP contribution in [0.25, 0.3) is 0 Å². The monoisotopic (exact) mass is 634 g/mol. The van der Waals surface area contributed by atoms with Crippen LogP contribution in [0.5, 0.6) is 0 Å². The van der Waals surface area contributed by atoms with Crippen LogP contribution in [0, 0.1) is 25.7 Å². The van der Waals surface area contributed by atoms with Gasteiger partial charge in [0, 0.05) is 22.0 Å². The molecule has 1 fully saturated rings. The van der Waals surface area contributed by atoms with Crippen LogP contribution in [0.4, 0.5) is 11.4 Å². The highest BCUT2D eigenvalue weighted by Crippen LogP contribution is 2.61. The van der Waals surface area contributed by atoms with Crippen LogP contribution >= 0.6 is 15.9 Å². The third-order valence-corrected chi connectivity index (χ3v) is 10.1. The van der Waals surface area contributed by atoms with Crippen LogP contribution in [0.3, 0.4) is 0 Å². The minimum Gasteiger partial charge on any atom is -0.452 e. The number of benzene rings is 4. The molecular weight excluding hydrogens is 608 g/mol. The minimum absolute atomic E-state index is 0.144. The van der Waals surface area contributed by atoms with Gasteiger partial charge < -0.3 is 10.1 Å². The summed E-state index contributed by atoms with van der Waals surface area (Å²) in [4.78, 5) is 54.8. The van der Waals surface area contributed by atoms with Gasteiger partial charge in [-0.3, -0.25) is 14.4 Å². The molecule has 0 spiro atoms. The van der Waals surface area contributed by atoms with E-state index in [-0.39, 0.29) is 29.2 Å². The molecule has 7 nitrogen and oxygen atoms in total. The molecule has 8 heteroatoms. The molecule has 3 amide bonds. The summed E-state index contributed by atoms with van der Waals surface area (Å²) in [6.45, 7) is 3.36. The van der Waals surface area contributed by atoms with Gasteiger partial charge in [-0.2, -0.15) is 0 Å². The molecule has 2 atom stereocenters. The lowest BCUT2D eigenvalue weighted by atomic mass is 9.55. The van der Waals surface area contributed by atoms with Crippen molar-refractivity contribution in [3.8, 4) is 0 Å². The Kier molecular flexibility index (Phi) is 6.54. The molecule has 0 radical (unpaired) electrons. The average molecular weight is 636 g/mol. The Bertz CT molecular complexity index is 1730. The van der Waals surface area contributed by atoms with E-state index in [0.717, 1.165) is 37.9 Å². The standard InChI is InChI=1S/C35H27BrN2O5/c1-18-14-21(15-19(2)32(18)36)37-27(39)17-43-35(42)20-8-7-9-22(16-20)38-33(40)30-28-23-10-3-4-11-24(23)29(31(30)34(38)41)26-13-6-5-12-25(26)28/h3-16,28-31H,17H2,1-2H3,(H,37,39)/t28?,29?,30-,31-/m0/s1. The lowest BCUT2D eigenvalue weighted by Crippen LogP contribution is -2.41. The van der Waals surface area contributed by atoms with Gasteiger partial charge in [-0.1, -0.05) is 70.5 Å². The average Bonchev–Trinajstić information content (AvgIpc) is 3.28. The predicted molar refractivity (Wildman–Crippen MR) is 165 cm³/mol. The zero-order valence-corrected chi connectivity index (χ0v) is 25.1. The zero-order chi connectivity index (χ0) is 30.0. The summed E-state index contributed by atoms with van der Waals surface area (Å²) in [7, 11) is 0. The Morgan fingerprint density at radius 3 is 1.79 bits per heavy atom. The normalized spacial score (nSPS) is 21.2. The van der Waals surface area contributed by atoms with Gasteiger partial charge in [0.2, 0.25) is 11.8 Å². The van der Waals surface area contributed by atoms with Gasteiger partial charge in [0.25, 0.3) is 5.91 Å². The fourth-order valence-electron chi connectivity index (χ4n) is 7.13. The maximum atomic E-state index is 14.0. The summed E-state index contributed by atoms with van der Waals surface area (Å²) >= 11 is 3.51. The molecule has 4 aromatic rings. The van der Waals surface area contributed by atoms with Crippen molar-refractivity contribution in [2.24, 2.45) is 11.8 Å². The maximum Gasteiger partial charge on any atom is 0.338 e. The van der Waals surface area contributed by atoms with Gasteiger partial charge in [-0.05, 0) is 77.6 Å². The van der Waals surface area contributed by atoms with E-state index in [2.05, 4.69) is 45.5 Å². The van der Waals surface area contributed by atoms with Crippen LogP contribution < -0.4 is 10.2 Å². The summed E-state index contributed by atoms with van der Waals surface area (Å²) < 4.78 is 6.26. The number of aryl methyl sites for hydroxylation is 2. The third kappa shape index (κ3) is 4.31. The molecule has 0 unspecified atom stereocenters. The van der Waals surface area contributed by atoms with E-state index in [0.29, 0.717) is 11.4 Å². The second kappa shape index (κ2) is 10.3. The number of nitrogens with zero attached hydrogens (tertiary/aromatic N) is 1. The van der Waals surface area contributed by atoms with Gasteiger partial charge in [0.15, 0.2) is 6.61 Å². The number of carbonyl (C=O) groups is 4. The molecule has 4 aliphatic rings. The highest BCUT2D eigenvalue weighted by molar-refractivity contribution is 9.10. The minimum atomic E-state index is -0.725. The topological polar surface area (TPSA) is 92.8 Å². The Morgan fingerprint density at radius 2 is 1.28 bits per heavy atom. The number of amides is 3. The van der Waals surface area contributed by atoms with Crippen molar-refractivity contribution < 1.29 is 23.9 Å². The van der Waals surface area contributed by atoms with Crippen LogP contribution in [0.1, 0.15) is 55.6 Å². The first kappa shape index (κ1) is 27.3. The zero-order valence-electron chi connectivity index (χ0n) is 23.5. The van der Waals surface area contributed by atoms with Crippen LogP contribution in [0.15, 0.2) is 89.4 Å². The highest BCUT2D eigenvalue weighted by atomic mass is 79.9. The Hall–Kier alpha value is -4.56. The summed E-state index contributed by atoms with van der Waals surface area (Å²) in [5.74, 6) is -3.20.